The Morgan fingerprint density at radius 2 is 1.42 bits per heavy atom. The van der Waals surface area contributed by atoms with Gasteiger partial charge < -0.3 is 5.32 Å². The number of anilines is 1. The van der Waals surface area contributed by atoms with Crippen molar-refractivity contribution in [3.05, 3.63) is 58.7 Å². The van der Waals surface area contributed by atoms with E-state index in [4.69, 9.17) is 0 Å². The molecule has 0 bridgehead atoms. The topological polar surface area (TPSA) is 58.5 Å². The molecular formula is C20H13F9N2O2. The van der Waals surface area contributed by atoms with Gasteiger partial charge in [-0.15, -0.1) is 0 Å². The van der Waals surface area contributed by atoms with E-state index in [2.05, 4.69) is 10.3 Å². The maximum absolute atomic E-state index is 14.7. The van der Waals surface area contributed by atoms with Gasteiger partial charge in [-0.3, -0.25) is 4.79 Å². The van der Waals surface area contributed by atoms with E-state index in [0.717, 1.165) is 19.9 Å². The van der Waals surface area contributed by atoms with Crippen molar-refractivity contribution in [3.8, 4) is 0 Å². The van der Waals surface area contributed by atoms with Crippen molar-refractivity contribution < 1.29 is 49.1 Å². The molecule has 4 nitrogen and oxygen atoms in total. The molecule has 0 heterocycles. The Morgan fingerprint density at radius 1 is 0.879 bits per heavy atom. The molecule has 0 radical (unpaired) electrons. The predicted molar refractivity (Wildman–Crippen MR) is 97.9 cm³/mol. The van der Waals surface area contributed by atoms with Crippen LogP contribution < -0.4 is 5.32 Å². The van der Waals surface area contributed by atoms with Crippen LogP contribution in [-0.4, -0.2) is 30.3 Å². The highest BCUT2D eigenvalue weighted by Gasteiger charge is 2.81. The second-order valence-electron chi connectivity index (χ2n) is 6.92. The van der Waals surface area contributed by atoms with E-state index in [1.165, 1.54) is 24.3 Å². The van der Waals surface area contributed by atoms with Gasteiger partial charge in [-0.2, -0.15) is 40.1 Å². The zero-order chi connectivity index (χ0) is 25.4. The number of halogens is 9. The van der Waals surface area contributed by atoms with Crippen LogP contribution in [0.25, 0.3) is 0 Å². The maximum Gasteiger partial charge on any atom is 0.457 e. The van der Waals surface area contributed by atoms with Gasteiger partial charge in [0.2, 0.25) is 6.08 Å². The van der Waals surface area contributed by atoms with Gasteiger partial charge in [0.1, 0.15) is 0 Å². The molecule has 2 aromatic carbocycles. The molecule has 2 rings (SSSR count). The van der Waals surface area contributed by atoms with E-state index in [-0.39, 0.29) is 29.1 Å². The minimum Gasteiger partial charge on any atom is -0.322 e. The molecule has 0 aromatic heterocycles. The Hall–Kier alpha value is -3.34. The minimum atomic E-state index is -6.85. The first kappa shape index (κ1) is 25.9. The normalized spacial score (nSPS) is 14.3. The summed E-state index contributed by atoms with van der Waals surface area (Å²) in [4.78, 5) is 26.1. The number of carbonyl (C=O) groups is 1. The number of hydrogen-bond donors (Lipinski definition) is 1. The van der Waals surface area contributed by atoms with Crippen LogP contribution in [0, 0.1) is 13.8 Å². The molecule has 1 N–H and O–H groups in total. The Kier molecular flexibility index (Phi) is 6.71. The van der Waals surface area contributed by atoms with Gasteiger partial charge >= 0.3 is 23.9 Å². The Balaban J connectivity index is 2.56. The highest BCUT2D eigenvalue weighted by molar-refractivity contribution is 6.05. The number of aliphatic imine (C=N–C) groups is 1. The fraction of sp³-hybridized carbons (Fsp3) is 0.300. The van der Waals surface area contributed by atoms with E-state index in [1.54, 1.807) is 0 Å². The van der Waals surface area contributed by atoms with Gasteiger partial charge in [-0.25, -0.2) is 9.18 Å². The predicted octanol–water partition coefficient (Wildman–Crippen LogP) is 6.45. The highest BCUT2D eigenvalue weighted by atomic mass is 19.4. The van der Waals surface area contributed by atoms with Gasteiger partial charge in [-0.1, -0.05) is 18.2 Å². The van der Waals surface area contributed by atoms with Gasteiger partial charge in [-0.05, 0) is 43.2 Å². The minimum absolute atomic E-state index is 0.0446. The summed E-state index contributed by atoms with van der Waals surface area (Å²) in [5, 5.41) is 2.26. The number of carbonyl (C=O) groups excluding carboxylic acids is 2. The number of hydrogen-bond acceptors (Lipinski definition) is 3. The summed E-state index contributed by atoms with van der Waals surface area (Å²) in [5.41, 5.74) is -9.16. The van der Waals surface area contributed by atoms with Crippen LogP contribution in [0.15, 0.2) is 41.4 Å². The summed E-state index contributed by atoms with van der Waals surface area (Å²) in [6, 6.07) is 5.43. The third-order valence-electron chi connectivity index (χ3n) is 4.63. The number of alkyl halides is 9. The molecule has 0 aliphatic carbocycles. The fourth-order valence-corrected chi connectivity index (χ4v) is 3.03. The lowest BCUT2D eigenvalue weighted by Gasteiger charge is -2.36. The Morgan fingerprint density at radius 3 is 1.88 bits per heavy atom. The summed E-state index contributed by atoms with van der Waals surface area (Å²) in [6.45, 7) is 1.98. The molecule has 13 heteroatoms. The van der Waals surface area contributed by atoms with Crippen LogP contribution in [0.5, 0.6) is 0 Å². The number of nitrogens with zero attached hydrogens (tertiary/aromatic N) is 1. The zero-order valence-corrected chi connectivity index (χ0v) is 16.6. The molecule has 0 saturated heterocycles. The summed E-state index contributed by atoms with van der Waals surface area (Å²) < 4.78 is 120. The number of isocyanates is 1. The first-order chi connectivity index (χ1) is 15.0. The Labute approximate surface area is 180 Å². The molecule has 2 aromatic rings. The molecule has 0 fully saturated rings. The van der Waals surface area contributed by atoms with Gasteiger partial charge in [0.25, 0.3) is 5.91 Å². The maximum atomic E-state index is 14.7. The standard InChI is InChI=1S/C20H13F9N2O2/c1-10-6-13(17(21,19(24,25)26)18(22,23)20(27,28)29)7-11(2)15(10)31-16(33)12-4-3-5-14(8-12)30-9-32/h3-8H,1-2H3,(H,31,33). The number of benzene rings is 2. The molecule has 1 amide bonds. The van der Waals surface area contributed by atoms with E-state index in [1.807, 2.05) is 0 Å². The Bertz CT molecular complexity index is 1100. The van der Waals surface area contributed by atoms with Gasteiger partial charge in [0, 0.05) is 16.8 Å². The zero-order valence-electron chi connectivity index (χ0n) is 16.6. The second-order valence-corrected chi connectivity index (χ2v) is 6.92. The van der Waals surface area contributed by atoms with Crippen molar-refractivity contribution in [3.63, 3.8) is 0 Å². The van der Waals surface area contributed by atoms with Crippen molar-refractivity contribution in [2.75, 3.05) is 5.32 Å². The van der Waals surface area contributed by atoms with E-state index in [9.17, 15) is 49.1 Å². The average molecular weight is 484 g/mol. The van der Waals surface area contributed by atoms with Crippen LogP contribution in [0.2, 0.25) is 0 Å². The molecule has 33 heavy (non-hydrogen) atoms. The summed E-state index contributed by atoms with van der Waals surface area (Å²) in [6.07, 6.45) is -12.2. The number of nitrogens with one attached hydrogen (secondary N) is 1. The van der Waals surface area contributed by atoms with Crippen LogP contribution in [0.1, 0.15) is 27.0 Å². The van der Waals surface area contributed by atoms with Crippen LogP contribution in [0.3, 0.4) is 0 Å². The molecule has 0 saturated carbocycles. The van der Waals surface area contributed by atoms with Crippen molar-refractivity contribution in [2.24, 2.45) is 4.99 Å². The average Bonchev–Trinajstić information content (AvgIpc) is 2.68. The fourth-order valence-electron chi connectivity index (χ4n) is 3.03. The summed E-state index contributed by atoms with van der Waals surface area (Å²) >= 11 is 0. The summed E-state index contributed by atoms with van der Waals surface area (Å²) in [5.74, 6) is -7.68. The van der Waals surface area contributed by atoms with E-state index in [0.29, 0.717) is 0 Å². The van der Waals surface area contributed by atoms with Crippen molar-refractivity contribution in [1.29, 1.82) is 0 Å². The number of amides is 1. The lowest BCUT2D eigenvalue weighted by atomic mass is 9.85. The lowest BCUT2D eigenvalue weighted by Crippen LogP contribution is -2.59. The first-order valence-corrected chi connectivity index (χ1v) is 8.78. The third-order valence-corrected chi connectivity index (χ3v) is 4.63. The number of rotatable bonds is 5. The molecule has 0 aliphatic heterocycles. The molecule has 1 atom stereocenters. The van der Waals surface area contributed by atoms with E-state index < -0.39 is 46.5 Å². The molecule has 178 valence electrons. The second kappa shape index (κ2) is 8.54. The SMILES string of the molecule is Cc1cc(C(F)(C(F)(F)F)C(F)(F)C(F)(F)F)cc(C)c1NC(=O)c1cccc(N=C=O)c1. The highest BCUT2D eigenvalue weighted by Crippen LogP contribution is 2.58. The van der Waals surface area contributed by atoms with Crippen LogP contribution in [0.4, 0.5) is 50.9 Å². The third kappa shape index (κ3) is 4.58. The summed E-state index contributed by atoms with van der Waals surface area (Å²) in [7, 11) is 0. The lowest BCUT2D eigenvalue weighted by molar-refractivity contribution is -0.389. The van der Waals surface area contributed by atoms with Crippen LogP contribution >= 0.6 is 0 Å². The van der Waals surface area contributed by atoms with E-state index >= 15 is 0 Å². The van der Waals surface area contributed by atoms with Gasteiger partial charge in [0.05, 0.1) is 5.69 Å². The largest absolute Gasteiger partial charge is 0.457 e. The first-order valence-electron chi connectivity index (χ1n) is 8.78. The van der Waals surface area contributed by atoms with Crippen LogP contribution in [-0.2, 0) is 10.5 Å². The number of aryl methyl sites for hydroxylation is 2. The molecule has 1 unspecified atom stereocenters. The molecule has 0 spiro atoms. The quantitative estimate of drug-likeness (QED) is 0.301. The smallest absolute Gasteiger partial charge is 0.322 e. The van der Waals surface area contributed by atoms with Crippen molar-refractivity contribution in [2.45, 2.75) is 37.8 Å². The molecule has 0 aliphatic rings. The molecular weight excluding hydrogens is 471 g/mol. The van der Waals surface area contributed by atoms with Crippen molar-refractivity contribution in [1.82, 2.24) is 0 Å². The van der Waals surface area contributed by atoms with Crippen molar-refractivity contribution >= 4 is 23.4 Å². The monoisotopic (exact) mass is 484 g/mol. The van der Waals surface area contributed by atoms with Gasteiger partial charge in [0.15, 0.2) is 0 Å².